The molecule has 2 rings (SSSR count). The first-order valence-corrected chi connectivity index (χ1v) is 7.70. The van der Waals surface area contributed by atoms with E-state index in [1.807, 2.05) is 38.1 Å². The van der Waals surface area contributed by atoms with Crippen LogP contribution in [0.3, 0.4) is 0 Å². The smallest absolute Gasteiger partial charge is 0.306 e. The summed E-state index contributed by atoms with van der Waals surface area (Å²) < 4.78 is 5.38. The number of hydrogen-bond donors (Lipinski definition) is 1. The second-order valence-corrected chi connectivity index (χ2v) is 5.56. The van der Waals surface area contributed by atoms with Crippen molar-refractivity contribution < 1.29 is 19.4 Å². The van der Waals surface area contributed by atoms with Crippen LogP contribution in [0.25, 0.3) is 6.08 Å². The van der Waals surface area contributed by atoms with Gasteiger partial charge in [0, 0.05) is 5.56 Å². The van der Waals surface area contributed by atoms with E-state index in [0.29, 0.717) is 11.3 Å². The molecular formula is C20H20O4. The highest BCUT2D eigenvalue weighted by Gasteiger charge is 2.04. The third kappa shape index (κ3) is 5.09. The molecule has 124 valence electrons. The third-order valence-corrected chi connectivity index (χ3v) is 3.66. The Morgan fingerprint density at radius 3 is 2.58 bits per heavy atom. The summed E-state index contributed by atoms with van der Waals surface area (Å²) in [5, 5.41) is 8.61. The Balaban J connectivity index is 2.04. The van der Waals surface area contributed by atoms with Gasteiger partial charge >= 0.3 is 5.97 Å². The van der Waals surface area contributed by atoms with Gasteiger partial charge in [0.1, 0.15) is 5.75 Å². The number of allylic oxidation sites excluding steroid dienone is 1. The van der Waals surface area contributed by atoms with Gasteiger partial charge in [-0.1, -0.05) is 30.3 Å². The molecule has 0 aromatic heterocycles. The lowest BCUT2D eigenvalue weighted by Gasteiger charge is -2.05. The second kappa shape index (κ2) is 8.11. The van der Waals surface area contributed by atoms with Crippen LogP contribution in [0, 0.1) is 13.8 Å². The molecule has 0 spiro atoms. The highest BCUT2D eigenvalue weighted by Crippen LogP contribution is 2.16. The van der Waals surface area contributed by atoms with E-state index in [-0.39, 0.29) is 18.8 Å². The number of carbonyl (C=O) groups excluding carboxylic acids is 1. The summed E-state index contributed by atoms with van der Waals surface area (Å²) in [5.74, 6) is -0.377. The molecule has 0 heterocycles. The standard InChI is InChI=1S/C20H20O4/c1-14-6-8-17(12-15(14)2)19(21)9-7-16-4-3-5-18(13-16)24-11-10-20(22)23/h3-9,12-13H,10-11H2,1-2H3,(H,22,23). The number of ether oxygens (including phenoxy) is 1. The molecule has 0 saturated heterocycles. The van der Waals surface area contributed by atoms with E-state index in [4.69, 9.17) is 9.84 Å². The maximum atomic E-state index is 12.2. The van der Waals surface area contributed by atoms with E-state index in [2.05, 4.69) is 0 Å². The van der Waals surface area contributed by atoms with E-state index in [1.54, 1.807) is 24.3 Å². The minimum absolute atomic E-state index is 0.0503. The molecule has 0 saturated carbocycles. The third-order valence-electron chi connectivity index (χ3n) is 3.66. The normalized spacial score (nSPS) is 10.8. The van der Waals surface area contributed by atoms with Crippen LogP contribution in [0.15, 0.2) is 48.5 Å². The summed E-state index contributed by atoms with van der Waals surface area (Å²) >= 11 is 0. The lowest BCUT2D eigenvalue weighted by Crippen LogP contribution is -2.04. The quantitative estimate of drug-likeness (QED) is 0.616. The van der Waals surface area contributed by atoms with Crippen LogP contribution in [0.5, 0.6) is 5.75 Å². The molecule has 0 unspecified atom stereocenters. The number of carboxylic acids is 1. The molecule has 0 aliphatic heterocycles. The zero-order valence-corrected chi connectivity index (χ0v) is 13.8. The number of carbonyl (C=O) groups is 2. The van der Waals surface area contributed by atoms with Gasteiger partial charge in [-0.3, -0.25) is 9.59 Å². The van der Waals surface area contributed by atoms with E-state index in [0.717, 1.165) is 16.7 Å². The second-order valence-electron chi connectivity index (χ2n) is 5.56. The number of aliphatic carboxylic acids is 1. The molecular weight excluding hydrogens is 304 g/mol. The van der Waals surface area contributed by atoms with Crippen LogP contribution >= 0.6 is 0 Å². The SMILES string of the molecule is Cc1ccc(C(=O)C=Cc2cccc(OCCC(=O)O)c2)cc1C. The first kappa shape index (κ1) is 17.5. The van der Waals surface area contributed by atoms with E-state index < -0.39 is 5.97 Å². The van der Waals surface area contributed by atoms with Crippen LogP contribution in [-0.4, -0.2) is 23.5 Å². The first-order valence-electron chi connectivity index (χ1n) is 7.70. The predicted molar refractivity (Wildman–Crippen MR) is 93.5 cm³/mol. The molecule has 4 heteroatoms. The van der Waals surface area contributed by atoms with Gasteiger partial charge in [0.25, 0.3) is 0 Å². The summed E-state index contributed by atoms with van der Waals surface area (Å²) in [6.07, 6.45) is 3.20. The van der Waals surface area contributed by atoms with Crippen molar-refractivity contribution in [2.24, 2.45) is 0 Å². The van der Waals surface area contributed by atoms with Crippen molar-refractivity contribution in [2.45, 2.75) is 20.3 Å². The average Bonchev–Trinajstić information content (AvgIpc) is 2.55. The van der Waals surface area contributed by atoms with Crippen molar-refractivity contribution in [1.29, 1.82) is 0 Å². The zero-order valence-electron chi connectivity index (χ0n) is 13.8. The Morgan fingerprint density at radius 2 is 1.88 bits per heavy atom. The Labute approximate surface area is 141 Å². The van der Waals surface area contributed by atoms with Gasteiger partial charge in [0.05, 0.1) is 13.0 Å². The van der Waals surface area contributed by atoms with Gasteiger partial charge in [-0.25, -0.2) is 0 Å². The molecule has 24 heavy (non-hydrogen) atoms. The fourth-order valence-corrected chi connectivity index (χ4v) is 2.13. The maximum absolute atomic E-state index is 12.2. The van der Waals surface area contributed by atoms with Gasteiger partial charge in [-0.2, -0.15) is 0 Å². The topological polar surface area (TPSA) is 63.6 Å². The molecule has 4 nitrogen and oxygen atoms in total. The van der Waals surface area contributed by atoms with Crippen molar-refractivity contribution in [3.05, 3.63) is 70.8 Å². The van der Waals surface area contributed by atoms with E-state index in [1.165, 1.54) is 6.08 Å². The highest BCUT2D eigenvalue weighted by atomic mass is 16.5. The van der Waals surface area contributed by atoms with Crippen LogP contribution in [0.1, 0.15) is 33.5 Å². The van der Waals surface area contributed by atoms with E-state index in [9.17, 15) is 9.59 Å². The molecule has 0 amide bonds. The molecule has 1 N–H and O–H groups in total. The fraction of sp³-hybridized carbons (Fsp3) is 0.200. The lowest BCUT2D eigenvalue weighted by atomic mass is 10.0. The predicted octanol–water partition coefficient (Wildman–Crippen LogP) is 4.05. The molecule has 0 aliphatic carbocycles. The van der Waals surface area contributed by atoms with Gasteiger partial charge in [-0.15, -0.1) is 0 Å². The summed E-state index contributed by atoms with van der Waals surface area (Å²) in [7, 11) is 0. The number of carboxylic acid groups (broad SMARTS) is 1. The van der Waals surface area contributed by atoms with Gasteiger partial charge in [0.2, 0.25) is 0 Å². The molecule has 0 bridgehead atoms. The fourth-order valence-electron chi connectivity index (χ4n) is 2.13. The minimum Gasteiger partial charge on any atom is -0.493 e. The number of hydrogen-bond acceptors (Lipinski definition) is 3. The average molecular weight is 324 g/mol. The molecule has 0 radical (unpaired) electrons. The van der Waals surface area contributed by atoms with Crippen LogP contribution in [0.4, 0.5) is 0 Å². The van der Waals surface area contributed by atoms with Gasteiger partial charge in [-0.05, 0) is 54.8 Å². The number of benzene rings is 2. The van der Waals surface area contributed by atoms with Gasteiger partial charge < -0.3 is 9.84 Å². The number of rotatable bonds is 7. The minimum atomic E-state index is -0.898. The molecule has 2 aromatic rings. The van der Waals surface area contributed by atoms with E-state index >= 15 is 0 Å². The Bertz CT molecular complexity index is 775. The molecule has 0 aliphatic rings. The van der Waals surface area contributed by atoms with Crippen molar-refractivity contribution in [1.82, 2.24) is 0 Å². The summed E-state index contributed by atoms with van der Waals surface area (Å²) in [6, 6.07) is 12.8. The summed E-state index contributed by atoms with van der Waals surface area (Å²) in [5.41, 5.74) is 3.72. The lowest BCUT2D eigenvalue weighted by molar-refractivity contribution is -0.137. The van der Waals surface area contributed by atoms with Crippen molar-refractivity contribution in [3.63, 3.8) is 0 Å². The Kier molecular flexibility index (Phi) is 5.90. The van der Waals surface area contributed by atoms with Crippen molar-refractivity contribution in [3.8, 4) is 5.75 Å². The zero-order chi connectivity index (χ0) is 17.5. The van der Waals surface area contributed by atoms with Crippen LogP contribution in [-0.2, 0) is 4.79 Å². The van der Waals surface area contributed by atoms with Crippen molar-refractivity contribution in [2.75, 3.05) is 6.61 Å². The number of aryl methyl sites for hydroxylation is 2. The van der Waals surface area contributed by atoms with Crippen LogP contribution in [0.2, 0.25) is 0 Å². The monoisotopic (exact) mass is 324 g/mol. The number of ketones is 1. The maximum Gasteiger partial charge on any atom is 0.306 e. The molecule has 0 atom stereocenters. The summed E-state index contributed by atoms with van der Waals surface area (Å²) in [6.45, 7) is 4.10. The highest BCUT2D eigenvalue weighted by molar-refractivity contribution is 6.06. The van der Waals surface area contributed by atoms with Crippen LogP contribution < -0.4 is 4.74 Å². The molecule has 2 aromatic carbocycles. The Hall–Kier alpha value is -2.88. The Morgan fingerprint density at radius 1 is 1.08 bits per heavy atom. The summed E-state index contributed by atoms with van der Waals surface area (Å²) in [4.78, 5) is 22.7. The largest absolute Gasteiger partial charge is 0.493 e. The van der Waals surface area contributed by atoms with Crippen molar-refractivity contribution >= 4 is 17.8 Å². The first-order chi connectivity index (χ1) is 11.5. The van der Waals surface area contributed by atoms with Gasteiger partial charge in [0.15, 0.2) is 5.78 Å². The molecule has 0 fully saturated rings.